The van der Waals surface area contributed by atoms with Crippen molar-refractivity contribution >= 4 is 33.8 Å². The number of amides is 2. The molecule has 178 valence electrons. The Hall–Kier alpha value is -3.07. The molecular weight excluding hydrogens is 420 g/mol. The maximum absolute atomic E-state index is 11.7. The summed E-state index contributed by atoms with van der Waals surface area (Å²) in [6.45, 7) is 9.26. The number of carbonyl (C=O) groups is 1. The third-order valence-corrected chi connectivity index (χ3v) is 5.93. The van der Waals surface area contributed by atoms with E-state index in [2.05, 4.69) is 27.1 Å². The first kappa shape index (κ1) is 23.1. The molecule has 0 atom stereocenters. The Labute approximate surface area is 194 Å². The summed E-state index contributed by atoms with van der Waals surface area (Å²) >= 11 is 0. The van der Waals surface area contributed by atoms with Gasteiger partial charge in [0.05, 0.1) is 17.6 Å². The minimum absolute atomic E-state index is 0.0906. The van der Waals surface area contributed by atoms with Gasteiger partial charge in [0, 0.05) is 43.7 Å². The minimum atomic E-state index is -0.200. The molecule has 3 heterocycles. The van der Waals surface area contributed by atoms with Crippen molar-refractivity contribution in [3.8, 4) is 5.75 Å². The number of nitrogens with zero attached hydrogens (tertiary/aromatic N) is 3. The topological polar surface area (TPSA) is 116 Å². The van der Waals surface area contributed by atoms with Crippen LogP contribution in [0.25, 0.3) is 21.9 Å². The number of benzene rings is 1. The van der Waals surface area contributed by atoms with E-state index >= 15 is 0 Å². The van der Waals surface area contributed by atoms with Crippen LogP contribution in [0.1, 0.15) is 39.4 Å². The van der Waals surface area contributed by atoms with Gasteiger partial charge in [-0.3, -0.25) is 0 Å². The number of anilines is 1. The number of nitrogens with one attached hydrogen (secondary N) is 2. The Balaban J connectivity index is 1.57. The maximum Gasteiger partial charge on any atom is 0.315 e. The fraction of sp³-hybridized carbons (Fsp3) is 0.542. The first-order valence-electron chi connectivity index (χ1n) is 11.8. The fourth-order valence-corrected chi connectivity index (χ4v) is 4.33. The van der Waals surface area contributed by atoms with E-state index in [0.29, 0.717) is 30.6 Å². The van der Waals surface area contributed by atoms with Gasteiger partial charge in [-0.1, -0.05) is 6.92 Å². The molecule has 1 aliphatic rings. The lowest BCUT2D eigenvalue weighted by Crippen LogP contribution is -2.41. The highest BCUT2D eigenvalue weighted by Crippen LogP contribution is 2.32. The standard InChI is InChI=1S/C24H34N6O3/c1-4-20-29-21-22(30(20)14-16-7-10-32-11-8-16)18-6-5-17(13-19(18)28-23(21)25)33-12-9-26-24(31)27-15(2)3/h5-6,13,15-16H,4,7-12,14H2,1-3H3,(H2,25,28)(H2,26,27,31). The van der Waals surface area contributed by atoms with Crippen LogP contribution in [0.5, 0.6) is 5.75 Å². The van der Waals surface area contributed by atoms with Crippen molar-refractivity contribution in [2.75, 3.05) is 32.1 Å². The van der Waals surface area contributed by atoms with Gasteiger partial charge in [0.2, 0.25) is 0 Å². The van der Waals surface area contributed by atoms with Crippen molar-refractivity contribution in [3.05, 3.63) is 24.0 Å². The maximum atomic E-state index is 11.7. The Morgan fingerprint density at radius 1 is 1.30 bits per heavy atom. The molecular formula is C24H34N6O3. The van der Waals surface area contributed by atoms with Crippen molar-refractivity contribution in [2.24, 2.45) is 5.92 Å². The second kappa shape index (κ2) is 10.2. The van der Waals surface area contributed by atoms with Crippen LogP contribution in [0.15, 0.2) is 18.2 Å². The van der Waals surface area contributed by atoms with Gasteiger partial charge in [0.1, 0.15) is 23.7 Å². The molecule has 1 saturated heterocycles. The van der Waals surface area contributed by atoms with E-state index in [9.17, 15) is 4.79 Å². The van der Waals surface area contributed by atoms with Crippen molar-refractivity contribution < 1.29 is 14.3 Å². The number of aryl methyl sites for hydroxylation is 1. The number of nitrogen functional groups attached to an aromatic ring is 1. The summed E-state index contributed by atoms with van der Waals surface area (Å²) in [5.41, 5.74) is 8.92. The van der Waals surface area contributed by atoms with Gasteiger partial charge in [0.25, 0.3) is 0 Å². The number of urea groups is 1. The molecule has 2 aromatic heterocycles. The lowest BCUT2D eigenvalue weighted by atomic mass is 10.00. The number of hydrogen-bond donors (Lipinski definition) is 3. The number of hydrogen-bond acceptors (Lipinski definition) is 6. The zero-order valence-electron chi connectivity index (χ0n) is 19.7. The second-order valence-electron chi connectivity index (χ2n) is 8.82. The van der Waals surface area contributed by atoms with E-state index in [-0.39, 0.29) is 12.1 Å². The molecule has 0 spiro atoms. The third-order valence-electron chi connectivity index (χ3n) is 5.93. The Kier molecular flexibility index (Phi) is 7.17. The molecule has 1 aliphatic heterocycles. The first-order chi connectivity index (χ1) is 16.0. The largest absolute Gasteiger partial charge is 0.492 e. The minimum Gasteiger partial charge on any atom is -0.492 e. The molecule has 0 unspecified atom stereocenters. The second-order valence-corrected chi connectivity index (χ2v) is 8.82. The van der Waals surface area contributed by atoms with Crippen LogP contribution in [0.4, 0.5) is 10.6 Å². The molecule has 2 amide bonds. The summed E-state index contributed by atoms with van der Waals surface area (Å²) in [7, 11) is 0. The summed E-state index contributed by atoms with van der Waals surface area (Å²) < 4.78 is 13.7. The molecule has 1 aromatic carbocycles. The van der Waals surface area contributed by atoms with Gasteiger partial charge in [-0.25, -0.2) is 14.8 Å². The number of nitrogens with two attached hydrogens (primary N) is 1. The van der Waals surface area contributed by atoms with E-state index in [1.54, 1.807) is 0 Å². The van der Waals surface area contributed by atoms with Gasteiger partial charge in [-0.15, -0.1) is 0 Å². The van der Waals surface area contributed by atoms with Crippen LogP contribution in [0, 0.1) is 5.92 Å². The highest BCUT2D eigenvalue weighted by Gasteiger charge is 2.21. The van der Waals surface area contributed by atoms with Gasteiger partial charge in [-0.05, 0) is 44.7 Å². The van der Waals surface area contributed by atoms with Crippen LogP contribution >= 0.6 is 0 Å². The summed E-state index contributed by atoms with van der Waals surface area (Å²) in [5.74, 6) is 2.71. The van der Waals surface area contributed by atoms with Crippen molar-refractivity contribution in [1.82, 2.24) is 25.2 Å². The summed E-state index contributed by atoms with van der Waals surface area (Å²) in [6, 6.07) is 5.75. The monoisotopic (exact) mass is 454 g/mol. The predicted molar refractivity (Wildman–Crippen MR) is 130 cm³/mol. The first-order valence-corrected chi connectivity index (χ1v) is 11.8. The van der Waals surface area contributed by atoms with Crippen molar-refractivity contribution in [1.29, 1.82) is 0 Å². The Morgan fingerprint density at radius 3 is 2.82 bits per heavy atom. The van der Waals surface area contributed by atoms with Crippen LogP contribution in [0.2, 0.25) is 0 Å². The average Bonchev–Trinajstić information content (AvgIpc) is 3.16. The molecule has 0 saturated carbocycles. The zero-order valence-corrected chi connectivity index (χ0v) is 19.7. The number of rotatable bonds is 8. The van der Waals surface area contributed by atoms with Gasteiger partial charge < -0.3 is 30.4 Å². The number of ether oxygens (including phenoxy) is 2. The SMILES string of the molecule is CCc1nc2c(N)nc3cc(OCCNC(=O)NC(C)C)ccc3c2n1CC1CCOCC1. The fourth-order valence-electron chi connectivity index (χ4n) is 4.33. The number of pyridine rings is 1. The smallest absolute Gasteiger partial charge is 0.315 e. The van der Waals surface area contributed by atoms with Gasteiger partial charge in [0.15, 0.2) is 5.82 Å². The van der Waals surface area contributed by atoms with E-state index in [4.69, 9.17) is 20.2 Å². The average molecular weight is 455 g/mol. The molecule has 0 radical (unpaired) electrons. The normalized spacial score (nSPS) is 14.8. The highest BCUT2D eigenvalue weighted by molar-refractivity contribution is 6.06. The van der Waals surface area contributed by atoms with Crippen LogP contribution < -0.4 is 21.1 Å². The number of carbonyl (C=O) groups excluding carboxylic acids is 1. The predicted octanol–water partition coefficient (Wildman–Crippen LogP) is 3.24. The molecule has 0 bridgehead atoms. The molecule has 0 aliphatic carbocycles. The zero-order chi connectivity index (χ0) is 23.4. The number of aromatic nitrogens is 3. The summed E-state index contributed by atoms with van der Waals surface area (Å²) in [4.78, 5) is 21.1. The molecule has 4 rings (SSSR count). The molecule has 4 N–H and O–H groups in total. The molecule has 33 heavy (non-hydrogen) atoms. The van der Waals surface area contributed by atoms with Gasteiger partial charge in [-0.2, -0.15) is 0 Å². The van der Waals surface area contributed by atoms with Crippen LogP contribution in [-0.4, -0.2) is 53.0 Å². The molecule has 9 heteroatoms. The lowest BCUT2D eigenvalue weighted by Gasteiger charge is -2.23. The van der Waals surface area contributed by atoms with Gasteiger partial charge >= 0.3 is 6.03 Å². The Bertz CT molecular complexity index is 1120. The number of fused-ring (bicyclic) bond motifs is 3. The lowest BCUT2D eigenvalue weighted by molar-refractivity contribution is 0.0614. The number of imidazole rings is 1. The third kappa shape index (κ3) is 5.30. The van der Waals surface area contributed by atoms with E-state index < -0.39 is 0 Å². The van der Waals surface area contributed by atoms with E-state index in [1.165, 1.54) is 0 Å². The molecule has 9 nitrogen and oxygen atoms in total. The van der Waals surface area contributed by atoms with E-state index in [0.717, 1.165) is 66.8 Å². The molecule has 1 fully saturated rings. The highest BCUT2D eigenvalue weighted by atomic mass is 16.5. The quantitative estimate of drug-likeness (QED) is 0.450. The van der Waals surface area contributed by atoms with Crippen molar-refractivity contribution in [2.45, 2.75) is 52.6 Å². The summed E-state index contributed by atoms with van der Waals surface area (Å²) in [5, 5.41) is 6.58. The van der Waals surface area contributed by atoms with E-state index in [1.807, 2.05) is 32.0 Å². The van der Waals surface area contributed by atoms with Crippen molar-refractivity contribution in [3.63, 3.8) is 0 Å². The van der Waals surface area contributed by atoms with Crippen LogP contribution in [0.3, 0.4) is 0 Å². The van der Waals surface area contributed by atoms with Crippen LogP contribution in [-0.2, 0) is 17.7 Å². The Morgan fingerprint density at radius 2 is 2.09 bits per heavy atom. The molecule has 3 aromatic rings. The summed E-state index contributed by atoms with van der Waals surface area (Å²) in [6.07, 6.45) is 2.95.